The molecule has 0 saturated carbocycles. The molecule has 0 radical (unpaired) electrons. The quantitative estimate of drug-likeness (QED) is 0.696. The van der Waals surface area contributed by atoms with Gasteiger partial charge in [0.15, 0.2) is 0 Å². The summed E-state index contributed by atoms with van der Waals surface area (Å²) in [7, 11) is 0. The van der Waals surface area contributed by atoms with Crippen LogP contribution in [0.2, 0.25) is 0 Å². The minimum absolute atomic E-state index is 0.0936. The fourth-order valence-electron chi connectivity index (χ4n) is 1.83. The summed E-state index contributed by atoms with van der Waals surface area (Å²) in [5.74, 6) is -0.779. The molecular weight excluding hydrogens is 242 g/mol. The zero-order chi connectivity index (χ0) is 14.1. The van der Waals surface area contributed by atoms with Crippen molar-refractivity contribution in [3.63, 3.8) is 0 Å². The second kappa shape index (κ2) is 8.67. The molecule has 0 aliphatic heterocycles. The van der Waals surface area contributed by atoms with Gasteiger partial charge in [-0.25, -0.2) is 0 Å². The van der Waals surface area contributed by atoms with Crippen molar-refractivity contribution in [3.05, 3.63) is 35.9 Å². The summed E-state index contributed by atoms with van der Waals surface area (Å²) in [5, 5.41) is 8.81. The first-order valence-electron chi connectivity index (χ1n) is 6.67. The average Bonchev–Trinajstić information content (AvgIpc) is 2.37. The molecule has 0 atom stereocenters. The van der Waals surface area contributed by atoms with E-state index in [9.17, 15) is 4.79 Å². The van der Waals surface area contributed by atoms with Crippen molar-refractivity contribution < 1.29 is 14.6 Å². The third-order valence-electron chi connectivity index (χ3n) is 2.91. The van der Waals surface area contributed by atoms with Crippen LogP contribution in [0.25, 0.3) is 0 Å². The smallest absolute Gasteiger partial charge is 0.317 e. The summed E-state index contributed by atoms with van der Waals surface area (Å²) >= 11 is 0. The Morgan fingerprint density at radius 2 is 2.00 bits per heavy atom. The lowest BCUT2D eigenvalue weighted by Crippen LogP contribution is -2.36. The average molecular weight is 265 g/mol. The molecule has 19 heavy (non-hydrogen) atoms. The Labute approximate surface area is 115 Å². The topological polar surface area (TPSA) is 49.8 Å². The van der Waals surface area contributed by atoms with Crippen LogP contribution >= 0.6 is 0 Å². The lowest BCUT2D eigenvalue weighted by molar-refractivity contribution is -0.138. The number of carboxylic acid groups (broad SMARTS) is 1. The van der Waals surface area contributed by atoms with Gasteiger partial charge in [0.2, 0.25) is 0 Å². The van der Waals surface area contributed by atoms with Crippen molar-refractivity contribution in [1.82, 2.24) is 4.90 Å². The predicted molar refractivity (Wildman–Crippen MR) is 75.1 cm³/mol. The number of ether oxygens (including phenoxy) is 1. The third-order valence-corrected chi connectivity index (χ3v) is 2.91. The largest absolute Gasteiger partial charge is 0.480 e. The standard InChI is InChI=1S/C15H23NO3/c1-13(2)16(11-15(17)18)9-6-10-19-12-14-7-4-3-5-8-14/h3-5,7-8,13H,6,9-12H2,1-2H3,(H,17,18). The molecule has 0 heterocycles. The van der Waals surface area contributed by atoms with E-state index in [-0.39, 0.29) is 12.6 Å². The Hall–Kier alpha value is -1.39. The van der Waals surface area contributed by atoms with Gasteiger partial charge in [-0.15, -0.1) is 0 Å². The van der Waals surface area contributed by atoms with Crippen LogP contribution < -0.4 is 0 Å². The van der Waals surface area contributed by atoms with Gasteiger partial charge in [-0.3, -0.25) is 9.69 Å². The van der Waals surface area contributed by atoms with E-state index in [1.54, 1.807) is 0 Å². The zero-order valence-corrected chi connectivity index (χ0v) is 11.7. The molecule has 4 nitrogen and oxygen atoms in total. The first-order valence-corrected chi connectivity index (χ1v) is 6.67. The van der Waals surface area contributed by atoms with Crippen molar-refractivity contribution in [1.29, 1.82) is 0 Å². The molecule has 0 aliphatic rings. The molecule has 0 amide bonds. The van der Waals surface area contributed by atoms with Crippen molar-refractivity contribution in [2.45, 2.75) is 32.9 Å². The van der Waals surface area contributed by atoms with Crippen LogP contribution in [-0.4, -0.2) is 41.7 Å². The molecular formula is C15H23NO3. The maximum atomic E-state index is 10.7. The molecule has 0 aromatic heterocycles. The van der Waals surface area contributed by atoms with Crippen LogP contribution in [0.4, 0.5) is 0 Å². The van der Waals surface area contributed by atoms with E-state index >= 15 is 0 Å². The molecule has 0 spiro atoms. The number of nitrogens with zero attached hydrogens (tertiary/aromatic N) is 1. The SMILES string of the molecule is CC(C)N(CCCOCc1ccccc1)CC(=O)O. The zero-order valence-electron chi connectivity index (χ0n) is 11.7. The number of carbonyl (C=O) groups is 1. The molecule has 0 fully saturated rings. The Morgan fingerprint density at radius 1 is 1.32 bits per heavy atom. The number of benzene rings is 1. The molecule has 1 aromatic rings. The molecule has 0 bridgehead atoms. The van der Waals surface area contributed by atoms with Gasteiger partial charge >= 0.3 is 5.97 Å². The van der Waals surface area contributed by atoms with Crippen LogP contribution in [0.15, 0.2) is 30.3 Å². The van der Waals surface area contributed by atoms with Crippen LogP contribution in [0.1, 0.15) is 25.8 Å². The van der Waals surface area contributed by atoms with E-state index in [2.05, 4.69) is 0 Å². The maximum Gasteiger partial charge on any atom is 0.317 e. The highest BCUT2D eigenvalue weighted by Crippen LogP contribution is 2.03. The number of hydrogen-bond donors (Lipinski definition) is 1. The van der Waals surface area contributed by atoms with Gasteiger partial charge in [0, 0.05) is 19.2 Å². The van der Waals surface area contributed by atoms with Crippen molar-refractivity contribution >= 4 is 5.97 Å². The highest BCUT2D eigenvalue weighted by Gasteiger charge is 2.12. The monoisotopic (exact) mass is 265 g/mol. The highest BCUT2D eigenvalue weighted by molar-refractivity contribution is 5.69. The summed E-state index contributed by atoms with van der Waals surface area (Å²) in [6.07, 6.45) is 0.846. The molecule has 1 rings (SSSR count). The molecule has 0 aliphatic carbocycles. The van der Waals surface area contributed by atoms with E-state index in [4.69, 9.17) is 9.84 Å². The second-order valence-electron chi connectivity index (χ2n) is 4.85. The van der Waals surface area contributed by atoms with E-state index in [1.807, 2.05) is 49.1 Å². The second-order valence-corrected chi connectivity index (χ2v) is 4.85. The summed E-state index contributed by atoms with van der Waals surface area (Å²) in [4.78, 5) is 12.7. The molecule has 1 N–H and O–H groups in total. The number of aliphatic carboxylic acids is 1. The normalized spacial score (nSPS) is 11.2. The Kier molecular flexibility index (Phi) is 7.15. The van der Waals surface area contributed by atoms with Crippen LogP contribution in [0.3, 0.4) is 0 Å². The van der Waals surface area contributed by atoms with Crippen LogP contribution in [0.5, 0.6) is 0 Å². The summed E-state index contributed by atoms with van der Waals surface area (Å²) in [5.41, 5.74) is 1.16. The first kappa shape index (κ1) is 15.7. The van der Waals surface area contributed by atoms with Crippen molar-refractivity contribution in [2.24, 2.45) is 0 Å². The number of carboxylic acids is 1. The van der Waals surface area contributed by atoms with E-state index in [1.165, 1.54) is 0 Å². The van der Waals surface area contributed by atoms with Crippen LogP contribution in [0, 0.1) is 0 Å². The number of rotatable bonds is 9. The Balaban J connectivity index is 2.16. The minimum atomic E-state index is -0.779. The first-order chi connectivity index (χ1) is 9.09. The molecule has 106 valence electrons. The van der Waals surface area contributed by atoms with E-state index in [0.29, 0.717) is 13.2 Å². The highest BCUT2D eigenvalue weighted by atomic mass is 16.5. The van der Waals surface area contributed by atoms with Gasteiger partial charge in [-0.2, -0.15) is 0 Å². The predicted octanol–water partition coefficient (Wildman–Crippen LogP) is 2.39. The van der Waals surface area contributed by atoms with Gasteiger partial charge in [-0.05, 0) is 25.8 Å². The van der Waals surface area contributed by atoms with Gasteiger partial charge in [0.05, 0.1) is 13.2 Å². The lowest BCUT2D eigenvalue weighted by atomic mass is 10.2. The van der Waals surface area contributed by atoms with E-state index < -0.39 is 5.97 Å². The fourth-order valence-corrected chi connectivity index (χ4v) is 1.83. The minimum Gasteiger partial charge on any atom is -0.480 e. The third kappa shape index (κ3) is 6.94. The molecule has 4 heteroatoms. The van der Waals surface area contributed by atoms with Gasteiger partial charge in [-0.1, -0.05) is 30.3 Å². The maximum absolute atomic E-state index is 10.7. The van der Waals surface area contributed by atoms with Gasteiger partial charge < -0.3 is 9.84 Å². The molecule has 0 saturated heterocycles. The molecule has 0 unspecified atom stereocenters. The number of hydrogen-bond acceptors (Lipinski definition) is 3. The van der Waals surface area contributed by atoms with Crippen LogP contribution in [-0.2, 0) is 16.1 Å². The lowest BCUT2D eigenvalue weighted by Gasteiger charge is -2.24. The summed E-state index contributed by atoms with van der Waals surface area (Å²) < 4.78 is 5.58. The summed E-state index contributed by atoms with van der Waals surface area (Å²) in [6.45, 7) is 6.12. The van der Waals surface area contributed by atoms with E-state index in [0.717, 1.165) is 18.5 Å². The van der Waals surface area contributed by atoms with Gasteiger partial charge in [0.25, 0.3) is 0 Å². The Morgan fingerprint density at radius 3 is 2.58 bits per heavy atom. The fraction of sp³-hybridized carbons (Fsp3) is 0.533. The van der Waals surface area contributed by atoms with Crippen molar-refractivity contribution in [3.8, 4) is 0 Å². The van der Waals surface area contributed by atoms with Crippen molar-refractivity contribution in [2.75, 3.05) is 19.7 Å². The summed E-state index contributed by atoms with van der Waals surface area (Å²) in [6, 6.07) is 10.3. The van der Waals surface area contributed by atoms with Gasteiger partial charge in [0.1, 0.15) is 0 Å². The molecule has 1 aromatic carbocycles. The Bertz CT molecular complexity index is 365.